The van der Waals surface area contributed by atoms with E-state index in [1.807, 2.05) is 0 Å². The topological polar surface area (TPSA) is 66.8 Å². The fourth-order valence-electron chi connectivity index (χ4n) is 1.71. The highest BCUT2D eigenvalue weighted by atomic mass is 79.9. The lowest BCUT2D eigenvalue weighted by molar-refractivity contribution is -0.125. The van der Waals surface area contributed by atoms with Crippen molar-refractivity contribution in [1.82, 2.24) is 4.90 Å². The molecule has 0 spiro atoms. The van der Waals surface area contributed by atoms with E-state index in [9.17, 15) is 13.2 Å². The van der Waals surface area contributed by atoms with E-state index >= 15 is 0 Å². The summed E-state index contributed by atoms with van der Waals surface area (Å²) in [6.45, 7) is 3.94. The van der Waals surface area contributed by atoms with E-state index in [4.69, 9.17) is 0 Å². The van der Waals surface area contributed by atoms with Crippen LogP contribution in [0.15, 0.2) is 38.0 Å². The van der Waals surface area contributed by atoms with Crippen LogP contribution in [0.2, 0.25) is 0 Å². The van der Waals surface area contributed by atoms with Crippen LogP contribution in [0.1, 0.15) is 13.8 Å². The molecule has 0 saturated carbocycles. The number of nitrogens with zero attached hydrogens (tertiary/aromatic N) is 2. The molecule has 1 unspecified atom stereocenters. The number of rotatable bonds is 3. The van der Waals surface area contributed by atoms with Crippen molar-refractivity contribution in [2.24, 2.45) is 4.40 Å². The lowest BCUT2D eigenvalue weighted by atomic mass is 10.4. The number of sulfonamides is 1. The molecule has 0 aromatic heterocycles. The zero-order chi connectivity index (χ0) is 14.9. The van der Waals surface area contributed by atoms with Gasteiger partial charge in [-0.2, -0.15) is 8.42 Å². The molecule has 0 bridgehead atoms. The number of carbonyl (C=O) groups excluding carboxylic acids is 1. The van der Waals surface area contributed by atoms with Crippen LogP contribution in [-0.2, 0) is 14.8 Å². The Balaban J connectivity index is 2.38. The zero-order valence-electron chi connectivity index (χ0n) is 10.9. The second kappa shape index (κ2) is 5.87. The standard InChI is InChI=1S/C12H13BrN2O3S2/c1-3-15-11(16)8(2)19-12(15)14-20(17,18)10-6-4-9(13)5-7-10/h4-8H,3H2,1-2H3/b14-12+. The third-order valence-electron chi connectivity index (χ3n) is 2.75. The van der Waals surface area contributed by atoms with Crippen LogP contribution < -0.4 is 0 Å². The lowest BCUT2D eigenvalue weighted by Crippen LogP contribution is -2.31. The van der Waals surface area contributed by atoms with E-state index in [0.29, 0.717) is 6.54 Å². The average molecular weight is 377 g/mol. The van der Waals surface area contributed by atoms with E-state index in [2.05, 4.69) is 20.3 Å². The quantitative estimate of drug-likeness (QED) is 0.812. The van der Waals surface area contributed by atoms with Crippen molar-refractivity contribution in [3.8, 4) is 0 Å². The van der Waals surface area contributed by atoms with Gasteiger partial charge in [-0.3, -0.25) is 9.69 Å². The SMILES string of the molecule is CCN1C(=O)C(C)S/C1=N/S(=O)(=O)c1ccc(Br)cc1. The summed E-state index contributed by atoms with van der Waals surface area (Å²) in [5, 5.41) is -0.0539. The van der Waals surface area contributed by atoms with Gasteiger partial charge >= 0.3 is 0 Å². The summed E-state index contributed by atoms with van der Waals surface area (Å²) in [5.74, 6) is -0.109. The molecule has 20 heavy (non-hydrogen) atoms. The molecule has 2 rings (SSSR count). The summed E-state index contributed by atoms with van der Waals surface area (Å²) in [6, 6.07) is 6.23. The van der Waals surface area contributed by atoms with Crippen molar-refractivity contribution in [1.29, 1.82) is 0 Å². The predicted octanol–water partition coefficient (Wildman–Crippen LogP) is 2.48. The first-order chi connectivity index (χ1) is 9.35. The van der Waals surface area contributed by atoms with Crippen molar-refractivity contribution in [2.75, 3.05) is 6.54 Å². The summed E-state index contributed by atoms with van der Waals surface area (Å²) >= 11 is 4.42. The van der Waals surface area contributed by atoms with E-state index in [1.165, 1.54) is 28.8 Å². The molecule has 1 aliphatic heterocycles. The first kappa shape index (κ1) is 15.5. The molecule has 1 aromatic carbocycles. The van der Waals surface area contributed by atoms with Gasteiger partial charge in [-0.05, 0) is 38.1 Å². The van der Waals surface area contributed by atoms with Crippen molar-refractivity contribution < 1.29 is 13.2 Å². The van der Waals surface area contributed by atoms with Gasteiger partial charge in [-0.15, -0.1) is 4.40 Å². The molecule has 0 aliphatic carbocycles. The fourth-order valence-corrected chi connectivity index (χ4v) is 4.22. The minimum Gasteiger partial charge on any atom is -0.290 e. The Morgan fingerprint density at radius 3 is 2.50 bits per heavy atom. The van der Waals surface area contributed by atoms with Gasteiger partial charge in [0.1, 0.15) is 0 Å². The molecule has 1 aromatic rings. The minimum absolute atomic E-state index is 0.108. The van der Waals surface area contributed by atoms with Gasteiger partial charge in [-0.1, -0.05) is 27.7 Å². The summed E-state index contributed by atoms with van der Waals surface area (Å²) in [4.78, 5) is 13.3. The molecular formula is C12H13BrN2O3S2. The summed E-state index contributed by atoms with van der Waals surface area (Å²) in [7, 11) is -3.80. The summed E-state index contributed by atoms with van der Waals surface area (Å²) in [5.41, 5.74) is 0. The molecule has 1 fully saturated rings. The number of halogens is 1. The number of carbonyl (C=O) groups is 1. The Kier molecular flexibility index (Phi) is 4.55. The fraction of sp³-hybridized carbons (Fsp3) is 0.333. The first-order valence-electron chi connectivity index (χ1n) is 5.93. The number of amides is 1. The maximum absolute atomic E-state index is 12.2. The van der Waals surface area contributed by atoms with Gasteiger partial charge < -0.3 is 0 Å². The third kappa shape index (κ3) is 3.07. The smallest absolute Gasteiger partial charge is 0.284 e. The highest BCUT2D eigenvalue weighted by Crippen LogP contribution is 2.28. The number of hydrogen-bond donors (Lipinski definition) is 0. The normalized spacial score (nSPS) is 21.8. The van der Waals surface area contributed by atoms with Crippen molar-refractivity contribution in [3.05, 3.63) is 28.7 Å². The van der Waals surface area contributed by atoms with E-state index in [0.717, 1.165) is 4.47 Å². The van der Waals surface area contributed by atoms with Crippen LogP contribution in [0.3, 0.4) is 0 Å². The molecule has 5 nitrogen and oxygen atoms in total. The minimum atomic E-state index is -3.80. The van der Waals surface area contributed by atoms with E-state index in [-0.39, 0.29) is 21.2 Å². The molecule has 1 heterocycles. The Hall–Kier alpha value is -0.860. The average Bonchev–Trinajstić information content (AvgIpc) is 2.64. The molecule has 0 radical (unpaired) electrons. The molecule has 1 aliphatic rings. The largest absolute Gasteiger partial charge is 0.290 e. The lowest BCUT2D eigenvalue weighted by Gasteiger charge is -2.12. The van der Waals surface area contributed by atoms with Crippen molar-refractivity contribution in [3.63, 3.8) is 0 Å². The Bertz CT molecular complexity index is 656. The Morgan fingerprint density at radius 2 is 1.95 bits per heavy atom. The number of benzene rings is 1. The Morgan fingerprint density at radius 1 is 1.35 bits per heavy atom. The van der Waals surface area contributed by atoms with E-state index < -0.39 is 10.0 Å². The third-order valence-corrected chi connectivity index (χ3v) is 5.76. The molecule has 0 N–H and O–H groups in total. The molecule has 1 saturated heterocycles. The molecular weight excluding hydrogens is 364 g/mol. The van der Waals surface area contributed by atoms with Gasteiger partial charge in [0.2, 0.25) is 5.91 Å². The van der Waals surface area contributed by atoms with Crippen molar-refractivity contribution >= 4 is 48.8 Å². The summed E-state index contributed by atoms with van der Waals surface area (Å²) in [6.07, 6.45) is 0. The molecule has 8 heteroatoms. The number of amidine groups is 1. The molecule has 1 amide bonds. The molecule has 1 atom stereocenters. The van der Waals surface area contributed by atoms with Gasteiger partial charge in [0.05, 0.1) is 10.1 Å². The van der Waals surface area contributed by atoms with Crippen LogP contribution in [0, 0.1) is 0 Å². The second-order valence-electron chi connectivity index (χ2n) is 4.15. The van der Waals surface area contributed by atoms with Crippen LogP contribution in [0.25, 0.3) is 0 Å². The van der Waals surface area contributed by atoms with Crippen LogP contribution >= 0.6 is 27.7 Å². The molecule has 108 valence electrons. The monoisotopic (exact) mass is 376 g/mol. The van der Waals surface area contributed by atoms with Crippen molar-refractivity contribution in [2.45, 2.75) is 24.0 Å². The van der Waals surface area contributed by atoms with Gasteiger partial charge in [0.25, 0.3) is 10.0 Å². The number of hydrogen-bond acceptors (Lipinski definition) is 4. The van der Waals surface area contributed by atoms with E-state index in [1.54, 1.807) is 26.0 Å². The first-order valence-corrected chi connectivity index (χ1v) is 9.05. The zero-order valence-corrected chi connectivity index (χ0v) is 14.1. The highest BCUT2D eigenvalue weighted by molar-refractivity contribution is 9.10. The van der Waals surface area contributed by atoms with Crippen LogP contribution in [0.5, 0.6) is 0 Å². The van der Waals surface area contributed by atoms with Crippen LogP contribution in [0.4, 0.5) is 0 Å². The predicted molar refractivity (Wildman–Crippen MR) is 83.2 cm³/mol. The second-order valence-corrected chi connectivity index (χ2v) is 7.97. The maximum Gasteiger partial charge on any atom is 0.284 e. The Labute approximate surface area is 130 Å². The number of thioether (sulfide) groups is 1. The van der Waals surface area contributed by atoms with Crippen LogP contribution in [-0.4, -0.2) is 36.2 Å². The van der Waals surface area contributed by atoms with Gasteiger partial charge in [0.15, 0.2) is 5.17 Å². The highest BCUT2D eigenvalue weighted by Gasteiger charge is 2.35. The van der Waals surface area contributed by atoms with Gasteiger partial charge in [-0.25, -0.2) is 0 Å². The summed E-state index contributed by atoms with van der Waals surface area (Å²) < 4.78 is 29.0. The maximum atomic E-state index is 12.2. The van der Waals surface area contributed by atoms with Gasteiger partial charge in [0, 0.05) is 11.0 Å².